The lowest BCUT2D eigenvalue weighted by Gasteiger charge is -2.42. The molecule has 1 aliphatic heterocycles. The number of carboxylic acids is 1. The van der Waals surface area contributed by atoms with Gasteiger partial charge in [0.15, 0.2) is 0 Å². The van der Waals surface area contributed by atoms with Crippen LogP contribution in [0, 0.1) is 0 Å². The molecule has 5 heteroatoms. The smallest absolute Gasteiger partial charge is 0.322 e. The van der Waals surface area contributed by atoms with E-state index in [0.29, 0.717) is 18.7 Å². The second-order valence-corrected chi connectivity index (χ2v) is 4.96. The fraction of sp³-hybridized carbons (Fsp3) is 0.917. The minimum atomic E-state index is -0.703. The third-order valence-electron chi connectivity index (χ3n) is 4.02. The van der Waals surface area contributed by atoms with Gasteiger partial charge >= 0.3 is 5.97 Å². The van der Waals surface area contributed by atoms with Crippen molar-refractivity contribution >= 4 is 5.97 Å². The molecule has 1 saturated heterocycles. The van der Waals surface area contributed by atoms with Crippen molar-refractivity contribution in [2.24, 2.45) is 0 Å². The first kappa shape index (κ1) is 12.8. The van der Waals surface area contributed by atoms with E-state index in [1.165, 1.54) is 0 Å². The van der Waals surface area contributed by atoms with Crippen molar-refractivity contribution in [3.63, 3.8) is 0 Å². The second-order valence-electron chi connectivity index (χ2n) is 4.96. The minimum Gasteiger partial charge on any atom is -0.480 e. The summed E-state index contributed by atoms with van der Waals surface area (Å²) in [5, 5.41) is 12.4. The van der Waals surface area contributed by atoms with E-state index in [2.05, 4.69) is 10.2 Å². The second kappa shape index (κ2) is 5.80. The monoisotopic (exact) mass is 242 g/mol. The number of carbonyl (C=O) groups is 1. The molecule has 1 saturated carbocycles. The highest BCUT2D eigenvalue weighted by molar-refractivity contribution is 5.74. The van der Waals surface area contributed by atoms with Crippen LogP contribution in [-0.4, -0.2) is 60.9 Å². The van der Waals surface area contributed by atoms with Crippen LogP contribution >= 0.6 is 0 Å². The van der Waals surface area contributed by atoms with Gasteiger partial charge in [-0.25, -0.2) is 0 Å². The average Bonchev–Trinajstić information content (AvgIpc) is 2.39. The van der Waals surface area contributed by atoms with Crippen molar-refractivity contribution in [1.82, 2.24) is 10.2 Å². The first-order valence-corrected chi connectivity index (χ1v) is 6.44. The summed E-state index contributed by atoms with van der Waals surface area (Å²) in [5.41, 5.74) is 0. The summed E-state index contributed by atoms with van der Waals surface area (Å²) in [7, 11) is 1.76. The zero-order valence-corrected chi connectivity index (χ0v) is 10.4. The van der Waals surface area contributed by atoms with Crippen molar-refractivity contribution in [2.75, 3.05) is 26.7 Å². The fourth-order valence-corrected chi connectivity index (χ4v) is 3.00. The quantitative estimate of drug-likeness (QED) is 0.745. The van der Waals surface area contributed by atoms with E-state index in [0.717, 1.165) is 38.8 Å². The summed E-state index contributed by atoms with van der Waals surface area (Å²) in [4.78, 5) is 13.4. The number of piperazine rings is 1. The molecule has 17 heavy (non-hydrogen) atoms. The standard InChI is InChI=1S/C12H22N2O3/c1-17-10-4-2-9(3-5-10)14-7-6-13-8-11(14)12(15)16/h9-11,13H,2-8H2,1H3,(H,15,16). The molecule has 0 bridgehead atoms. The van der Waals surface area contributed by atoms with Gasteiger partial charge in [0.1, 0.15) is 6.04 Å². The molecule has 0 aromatic carbocycles. The number of carboxylic acid groups (broad SMARTS) is 1. The lowest BCUT2D eigenvalue weighted by molar-refractivity contribution is -0.145. The Bertz CT molecular complexity index is 264. The molecule has 98 valence electrons. The van der Waals surface area contributed by atoms with Gasteiger partial charge in [-0.15, -0.1) is 0 Å². The Morgan fingerprint density at radius 2 is 2.06 bits per heavy atom. The number of methoxy groups -OCH3 is 1. The van der Waals surface area contributed by atoms with Crippen LogP contribution in [-0.2, 0) is 9.53 Å². The lowest BCUT2D eigenvalue weighted by atomic mass is 9.90. The number of ether oxygens (including phenoxy) is 1. The largest absolute Gasteiger partial charge is 0.480 e. The topological polar surface area (TPSA) is 61.8 Å². The maximum atomic E-state index is 11.2. The van der Waals surface area contributed by atoms with E-state index in [1.807, 2.05) is 0 Å². The Morgan fingerprint density at radius 3 is 2.65 bits per heavy atom. The molecule has 0 amide bonds. The molecule has 0 aromatic rings. The molecule has 1 unspecified atom stereocenters. The van der Waals surface area contributed by atoms with Crippen molar-refractivity contribution in [1.29, 1.82) is 0 Å². The zero-order chi connectivity index (χ0) is 12.3. The van der Waals surface area contributed by atoms with E-state index in [-0.39, 0.29) is 6.04 Å². The molecule has 1 atom stereocenters. The van der Waals surface area contributed by atoms with E-state index >= 15 is 0 Å². The Kier molecular flexibility index (Phi) is 4.36. The predicted octanol–water partition coefficient (Wildman–Crippen LogP) is 0.302. The van der Waals surface area contributed by atoms with Crippen molar-refractivity contribution in [2.45, 2.75) is 43.9 Å². The number of hydrogen-bond acceptors (Lipinski definition) is 4. The molecule has 0 radical (unpaired) electrons. The summed E-state index contributed by atoms with van der Waals surface area (Å²) >= 11 is 0. The van der Waals surface area contributed by atoms with Crippen LogP contribution in [0.25, 0.3) is 0 Å². The summed E-state index contributed by atoms with van der Waals surface area (Å²) in [6.07, 6.45) is 4.59. The highest BCUT2D eigenvalue weighted by Gasteiger charge is 2.35. The molecule has 5 nitrogen and oxygen atoms in total. The van der Waals surface area contributed by atoms with E-state index < -0.39 is 5.97 Å². The van der Waals surface area contributed by atoms with Gasteiger partial charge < -0.3 is 15.2 Å². The first-order valence-electron chi connectivity index (χ1n) is 6.44. The maximum Gasteiger partial charge on any atom is 0.322 e. The third kappa shape index (κ3) is 2.97. The predicted molar refractivity (Wildman–Crippen MR) is 64.1 cm³/mol. The Labute approximate surface area is 102 Å². The Balaban J connectivity index is 1.93. The zero-order valence-electron chi connectivity index (χ0n) is 10.4. The Morgan fingerprint density at radius 1 is 1.35 bits per heavy atom. The van der Waals surface area contributed by atoms with E-state index in [1.54, 1.807) is 7.11 Å². The first-order chi connectivity index (χ1) is 8.22. The number of rotatable bonds is 3. The third-order valence-corrected chi connectivity index (χ3v) is 4.02. The van der Waals surface area contributed by atoms with E-state index in [9.17, 15) is 9.90 Å². The molecule has 1 aliphatic carbocycles. The van der Waals surface area contributed by atoms with Crippen LogP contribution in [0.3, 0.4) is 0 Å². The molecule has 0 spiro atoms. The van der Waals surface area contributed by atoms with Crippen LogP contribution in [0.5, 0.6) is 0 Å². The van der Waals surface area contributed by atoms with Crippen molar-refractivity contribution in [3.8, 4) is 0 Å². The van der Waals surface area contributed by atoms with Crippen LogP contribution in [0.1, 0.15) is 25.7 Å². The van der Waals surface area contributed by atoms with Crippen LogP contribution in [0.2, 0.25) is 0 Å². The normalized spacial score (nSPS) is 35.7. The van der Waals surface area contributed by atoms with Gasteiger partial charge in [-0.05, 0) is 25.7 Å². The number of nitrogens with one attached hydrogen (secondary N) is 1. The molecule has 1 heterocycles. The summed E-state index contributed by atoms with van der Waals surface area (Å²) in [6.45, 7) is 2.31. The van der Waals surface area contributed by atoms with Gasteiger partial charge in [0, 0.05) is 32.8 Å². The minimum absolute atomic E-state index is 0.354. The highest BCUT2D eigenvalue weighted by atomic mass is 16.5. The summed E-state index contributed by atoms with van der Waals surface area (Å²) in [5.74, 6) is -0.703. The number of aliphatic carboxylic acids is 1. The van der Waals surface area contributed by atoms with Crippen LogP contribution in [0.4, 0.5) is 0 Å². The van der Waals surface area contributed by atoms with Gasteiger partial charge in [-0.2, -0.15) is 0 Å². The molecular formula is C12H22N2O3. The summed E-state index contributed by atoms with van der Waals surface area (Å²) < 4.78 is 5.35. The molecular weight excluding hydrogens is 220 g/mol. The van der Waals surface area contributed by atoms with Gasteiger partial charge in [-0.1, -0.05) is 0 Å². The van der Waals surface area contributed by atoms with Crippen molar-refractivity contribution in [3.05, 3.63) is 0 Å². The van der Waals surface area contributed by atoms with Crippen LogP contribution in [0.15, 0.2) is 0 Å². The molecule has 2 fully saturated rings. The van der Waals surface area contributed by atoms with E-state index in [4.69, 9.17) is 4.74 Å². The van der Waals surface area contributed by atoms with Crippen LogP contribution < -0.4 is 5.32 Å². The molecule has 2 N–H and O–H groups in total. The van der Waals surface area contributed by atoms with Gasteiger partial charge in [0.2, 0.25) is 0 Å². The maximum absolute atomic E-state index is 11.2. The molecule has 2 rings (SSSR count). The molecule has 2 aliphatic rings. The average molecular weight is 242 g/mol. The highest BCUT2D eigenvalue weighted by Crippen LogP contribution is 2.26. The van der Waals surface area contributed by atoms with Gasteiger partial charge in [-0.3, -0.25) is 9.69 Å². The summed E-state index contributed by atoms with van der Waals surface area (Å²) in [6, 6.07) is 0.0671. The SMILES string of the molecule is COC1CCC(N2CCNCC2C(=O)O)CC1. The van der Waals surface area contributed by atoms with Crippen molar-refractivity contribution < 1.29 is 14.6 Å². The number of nitrogens with zero attached hydrogens (tertiary/aromatic N) is 1. The lowest BCUT2D eigenvalue weighted by Crippen LogP contribution is -2.59. The number of hydrogen-bond donors (Lipinski definition) is 2. The van der Waals surface area contributed by atoms with Gasteiger partial charge in [0.25, 0.3) is 0 Å². The fourth-order valence-electron chi connectivity index (χ4n) is 3.00. The van der Waals surface area contributed by atoms with Gasteiger partial charge in [0.05, 0.1) is 6.10 Å². The molecule has 0 aromatic heterocycles. The Hall–Kier alpha value is -0.650.